The summed E-state index contributed by atoms with van der Waals surface area (Å²) in [6.07, 6.45) is 0. The predicted molar refractivity (Wildman–Crippen MR) is 93.2 cm³/mol. The van der Waals surface area contributed by atoms with Gasteiger partial charge in [-0.2, -0.15) is 5.26 Å². The molecule has 26 heavy (non-hydrogen) atoms. The van der Waals surface area contributed by atoms with Gasteiger partial charge >= 0.3 is 5.97 Å². The van der Waals surface area contributed by atoms with Gasteiger partial charge in [-0.15, -0.1) is 0 Å². The Kier molecular flexibility index (Phi) is 3.80. The van der Waals surface area contributed by atoms with Gasteiger partial charge in [-0.3, -0.25) is 4.79 Å². The number of amides is 1. The lowest BCUT2D eigenvalue weighted by Gasteiger charge is -2.35. The number of nitrogens with one attached hydrogen (secondary N) is 1. The standard InChI is InChI=1S/C19H19N3O4/c1-10-14(16(23)26-18(2,3)4)19(12(9-20)15(21)25-10)11-7-5-6-8-13(11)22-17(19)24/h5-8H,21H2,1-4H3,(H,22,24)/t19-/m0/s1. The first-order valence-electron chi connectivity index (χ1n) is 8.06. The molecule has 1 amide bonds. The van der Waals surface area contributed by atoms with Crippen LogP contribution < -0.4 is 11.1 Å². The fourth-order valence-electron chi connectivity index (χ4n) is 3.36. The maximum atomic E-state index is 13.1. The fourth-order valence-corrected chi connectivity index (χ4v) is 3.36. The van der Waals surface area contributed by atoms with Crippen molar-refractivity contribution in [2.45, 2.75) is 38.7 Å². The quantitative estimate of drug-likeness (QED) is 0.748. The van der Waals surface area contributed by atoms with Crippen LogP contribution in [0.2, 0.25) is 0 Å². The lowest BCUT2D eigenvalue weighted by atomic mass is 9.68. The Bertz CT molecular complexity index is 931. The van der Waals surface area contributed by atoms with E-state index in [9.17, 15) is 14.9 Å². The van der Waals surface area contributed by atoms with Crippen molar-refractivity contribution >= 4 is 17.6 Å². The summed E-state index contributed by atoms with van der Waals surface area (Å²) in [5.41, 5.74) is 4.23. The topological polar surface area (TPSA) is 114 Å². The van der Waals surface area contributed by atoms with Crippen LogP contribution >= 0.6 is 0 Å². The van der Waals surface area contributed by atoms with Crippen LogP contribution in [-0.2, 0) is 24.5 Å². The lowest BCUT2D eigenvalue weighted by Crippen LogP contribution is -2.46. The molecular formula is C19H19N3O4. The van der Waals surface area contributed by atoms with Crippen molar-refractivity contribution in [1.29, 1.82) is 5.26 Å². The van der Waals surface area contributed by atoms with Crippen molar-refractivity contribution in [3.63, 3.8) is 0 Å². The number of nitriles is 1. The molecule has 2 heterocycles. The maximum absolute atomic E-state index is 13.1. The number of hydrogen-bond acceptors (Lipinski definition) is 6. The number of allylic oxidation sites excluding steroid dienone is 1. The number of nitrogens with two attached hydrogens (primary N) is 1. The molecule has 0 aliphatic carbocycles. The molecule has 2 aliphatic heterocycles. The van der Waals surface area contributed by atoms with Gasteiger partial charge in [-0.25, -0.2) is 4.79 Å². The lowest BCUT2D eigenvalue weighted by molar-refractivity contribution is -0.151. The van der Waals surface area contributed by atoms with Crippen LogP contribution in [-0.4, -0.2) is 17.5 Å². The molecule has 0 saturated carbocycles. The van der Waals surface area contributed by atoms with Crippen LogP contribution in [0.15, 0.2) is 47.1 Å². The molecule has 134 valence electrons. The SMILES string of the molecule is CC1=C(C(=O)OC(C)(C)C)[C@@]2(C(=O)Nc3ccccc32)C(C#N)=C(N)O1. The highest BCUT2D eigenvalue weighted by Gasteiger charge is 2.60. The van der Waals surface area contributed by atoms with Crippen LogP contribution in [0.5, 0.6) is 0 Å². The average molecular weight is 353 g/mol. The normalized spacial score (nSPS) is 21.9. The van der Waals surface area contributed by atoms with Gasteiger partial charge in [-0.1, -0.05) is 18.2 Å². The summed E-state index contributed by atoms with van der Waals surface area (Å²) < 4.78 is 10.9. The van der Waals surface area contributed by atoms with Crippen molar-refractivity contribution in [3.05, 3.63) is 52.6 Å². The highest BCUT2D eigenvalue weighted by Crippen LogP contribution is 2.52. The number of fused-ring (bicyclic) bond motifs is 2. The second-order valence-electron chi connectivity index (χ2n) is 7.14. The Morgan fingerprint density at radius 2 is 2.00 bits per heavy atom. The highest BCUT2D eigenvalue weighted by atomic mass is 16.6. The van der Waals surface area contributed by atoms with E-state index >= 15 is 0 Å². The average Bonchev–Trinajstić information content (AvgIpc) is 2.79. The molecule has 1 aromatic carbocycles. The van der Waals surface area contributed by atoms with Crippen molar-refractivity contribution in [3.8, 4) is 6.07 Å². The third-order valence-electron chi connectivity index (χ3n) is 4.25. The molecular weight excluding hydrogens is 334 g/mol. The first-order chi connectivity index (χ1) is 12.1. The van der Waals surface area contributed by atoms with Crippen LogP contribution in [0.25, 0.3) is 0 Å². The zero-order chi connectivity index (χ0) is 19.3. The molecule has 7 nitrogen and oxygen atoms in total. The van der Waals surface area contributed by atoms with Crippen LogP contribution in [0, 0.1) is 11.3 Å². The largest absolute Gasteiger partial charge is 0.456 e. The van der Waals surface area contributed by atoms with E-state index in [1.165, 1.54) is 6.92 Å². The number of benzene rings is 1. The van der Waals surface area contributed by atoms with E-state index in [1.807, 2.05) is 6.07 Å². The molecule has 0 aromatic heterocycles. The summed E-state index contributed by atoms with van der Waals surface area (Å²) in [6.45, 7) is 6.68. The van der Waals surface area contributed by atoms with E-state index in [2.05, 4.69) is 5.32 Å². The van der Waals surface area contributed by atoms with Gasteiger partial charge in [0, 0.05) is 11.3 Å². The van der Waals surface area contributed by atoms with Crippen molar-refractivity contribution in [2.75, 3.05) is 5.32 Å². The molecule has 1 spiro atoms. The van der Waals surface area contributed by atoms with E-state index in [4.69, 9.17) is 15.2 Å². The third-order valence-corrected chi connectivity index (χ3v) is 4.25. The van der Waals surface area contributed by atoms with Crippen molar-refractivity contribution in [2.24, 2.45) is 5.73 Å². The molecule has 3 rings (SSSR count). The van der Waals surface area contributed by atoms with Gasteiger partial charge in [0.2, 0.25) is 11.8 Å². The van der Waals surface area contributed by atoms with Gasteiger partial charge in [-0.05, 0) is 33.8 Å². The molecule has 0 saturated heterocycles. The maximum Gasteiger partial charge on any atom is 0.339 e. The predicted octanol–water partition coefficient (Wildman–Crippen LogP) is 2.22. The summed E-state index contributed by atoms with van der Waals surface area (Å²) in [7, 11) is 0. The minimum absolute atomic E-state index is 0.0411. The molecule has 1 atom stereocenters. The Labute approximate surface area is 151 Å². The van der Waals surface area contributed by atoms with Gasteiger partial charge in [0.15, 0.2) is 5.41 Å². The van der Waals surface area contributed by atoms with E-state index in [1.54, 1.807) is 45.0 Å². The first-order valence-corrected chi connectivity index (χ1v) is 8.06. The van der Waals surface area contributed by atoms with Gasteiger partial charge < -0.3 is 20.5 Å². The number of nitrogens with zero attached hydrogens (tertiary/aromatic N) is 1. The van der Waals surface area contributed by atoms with Crippen molar-refractivity contribution < 1.29 is 19.1 Å². The molecule has 0 fully saturated rings. The Hall–Kier alpha value is -3.27. The fraction of sp³-hybridized carbons (Fsp3) is 0.316. The second-order valence-corrected chi connectivity index (χ2v) is 7.14. The van der Waals surface area contributed by atoms with E-state index in [0.717, 1.165) is 0 Å². The molecule has 2 aliphatic rings. The Morgan fingerprint density at radius 3 is 2.62 bits per heavy atom. The Balaban J connectivity index is 2.33. The van der Waals surface area contributed by atoms with E-state index in [0.29, 0.717) is 11.3 Å². The summed E-state index contributed by atoms with van der Waals surface area (Å²) in [5, 5.41) is 12.5. The number of carbonyl (C=O) groups excluding carboxylic acids is 2. The third kappa shape index (κ3) is 2.34. The molecule has 0 bridgehead atoms. The zero-order valence-electron chi connectivity index (χ0n) is 15.0. The van der Waals surface area contributed by atoms with Gasteiger partial charge in [0.05, 0.1) is 0 Å². The molecule has 0 unspecified atom stereocenters. The number of ether oxygens (including phenoxy) is 2. The summed E-state index contributed by atoms with van der Waals surface area (Å²) in [6, 6.07) is 8.81. The number of rotatable bonds is 1. The minimum Gasteiger partial charge on any atom is -0.456 e. The molecule has 7 heteroatoms. The summed E-state index contributed by atoms with van der Waals surface area (Å²) in [4.78, 5) is 26.1. The smallest absolute Gasteiger partial charge is 0.339 e. The summed E-state index contributed by atoms with van der Waals surface area (Å²) in [5.74, 6) is -1.35. The second kappa shape index (κ2) is 5.63. The minimum atomic E-state index is -1.69. The van der Waals surface area contributed by atoms with Crippen LogP contribution in [0.1, 0.15) is 33.3 Å². The number of hydrogen-bond donors (Lipinski definition) is 2. The van der Waals surface area contributed by atoms with E-state index in [-0.39, 0.29) is 22.8 Å². The van der Waals surface area contributed by atoms with Crippen LogP contribution in [0.3, 0.4) is 0 Å². The number of esters is 1. The van der Waals surface area contributed by atoms with Gasteiger partial charge in [0.25, 0.3) is 0 Å². The van der Waals surface area contributed by atoms with Crippen LogP contribution in [0.4, 0.5) is 5.69 Å². The Morgan fingerprint density at radius 1 is 1.35 bits per heavy atom. The monoisotopic (exact) mass is 353 g/mol. The van der Waals surface area contributed by atoms with Gasteiger partial charge in [0.1, 0.15) is 28.6 Å². The molecule has 3 N–H and O–H groups in total. The molecule has 0 radical (unpaired) electrons. The zero-order valence-corrected chi connectivity index (χ0v) is 15.0. The first kappa shape index (κ1) is 17.5. The molecule has 1 aromatic rings. The number of anilines is 1. The highest BCUT2D eigenvalue weighted by molar-refractivity contribution is 6.17. The van der Waals surface area contributed by atoms with Crippen molar-refractivity contribution in [1.82, 2.24) is 0 Å². The summed E-state index contributed by atoms with van der Waals surface area (Å²) >= 11 is 0. The van der Waals surface area contributed by atoms with E-state index < -0.39 is 22.9 Å². The number of carbonyl (C=O) groups is 2. The number of para-hydroxylation sites is 1.